The maximum Gasteiger partial charge on any atom is 0.336 e. The van der Waals surface area contributed by atoms with Gasteiger partial charge >= 0.3 is 5.97 Å². The molecule has 0 saturated heterocycles. The number of benzene rings is 1. The van der Waals surface area contributed by atoms with Crippen LogP contribution in [0.3, 0.4) is 0 Å². The molecule has 0 saturated carbocycles. The summed E-state index contributed by atoms with van der Waals surface area (Å²) in [6.07, 6.45) is 3.76. The number of carbonyl (C=O) groups excluding carboxylic acids is 1. The summed E-state index contributed by atoms with van der Waals surface area (Å²) in [6, 6.07) is 3.54. The number of aldehydes is 1. The highest BCUT2D eigenvalue weighted by Gasteiger charge is 2.14. The van der Waals surface area contributed by atoms with E-state index in [9.17, 15) is 19.7 Å². The maximum absolute atomic E-state index is 10.9. The lowest BCUT2D eigenvalue weighted by atomic mass is 10.1. The third-order valence-electron chi connectivity index (χ3n) is 2.01. The van der Waals surface area contributed by atoms with E-state index in [0.29, 0.717) is 11.8 Å². The van der Waals surface area contributed by atoms with E-state index in [1.54, 1.807) is 0 Å². The largest absolute Gasteiger partial charge is 0.478 e. The van der Waals surface area contributed by atoms with Crippen LogP contribution in [0, 0.1) is 10.1 Å². The lowest BCUT2D eigenvalue weighted by Crippen LogP contribution is -2.01. The van der Waals surface area contributed by atoms with Gasteiger partial charge in [0.2, 0.25) is 0 Å². The number of non-ortho nitro benzene ring substituents is 1. The molecule has 0 heterocycles. The molecule has 1 rings (SSSR count). The average molecular weight is 235 g/mol. The highest BCUT2D eigenvalue weighted by Crippen LogP contribution is 2.19. The fraction of sp³-hybridized carbons (Fsp3) is 0.0909. The zero-order valence-electron chi connectivity index (χ0n) is 8.70. The SMILES string of the molecule is O=CCC=Cc1ccc([N+](=O)[O-])cc1C(=O)O. The maximum atomic E-state index is 10.9. The molecule has 0 spiro atoms. The quantitative estimate of drug-likeness (QED) is 0.477. The summed E-state index contributed by atoms with van der Waals surface area (Å²) in [5.41, 5.74) is -0.124. The van der Waals surface area contributed by atoms with Crippen LogP contribution in [-0.4, -0.2) is 22.3 Å². The van der Waals surface area contributed by atoms with Gasteiger partial charge in [-0.05, 0) is 11.6 Å². The molecule has 0 bridgehead atoms. The number of carbonyl (C=O) groups is 2. The van der Waals surface area contributed by atoms with E-state index in [4.69, 9.17) is 5.11 Å². The standard InChI is InChI=1S/C11H9NO5/c13-6-2-1-3-8-4-5-9(12(16)17)7-10(8)11(14)15/h1,3-7H,2H2,(H,14,15). The molecule has 0 aliphatic heterocycles. The second-order valence-corrected chi connectivity index (χ2v) is 3.14. The van der Waals surface area contributed by atoms with Gasteiger partial charge in [-0.3, -0.25) is 10.1 Å². The fourth-order valence-corrected chi connectivity index (χ4v) is 1.24. The van der Waals surface area contributed by atoms with E-state index in [-0.39, 0.29) is 17.7 Å². The summed E-state index contributed by atoms with van der Waals surface area (Å²) in [4.78, 5) is 30.8. The van der Waals surface area contributed by atoms with Crippen LogP contribution in [0.25, 0.3) is 6.08 Å². The second kappa shape index (κ2) is 5.55. The van der Waals surface area contributed by atoms with Crippen LogP contribution < -0.4 is 0 Å². The zero-order chi connectivity index (χ0) is 12.8. The Kier molecular flexibility index (Phi) is 4.10. The first-order valence-corrected chi connectivity index (χ1v) is 4.68. The predicted molar refractivity (Wildman–Crippen MR) is 59.8 cm³/mol. The smallest absolute Gasteiger partial charge is 0.336 e. The topological polar surface area (TPSA) is 97.5 Å². The molecule has 88 valence electrons. The molecule has 0 aromatic heterocycles. The van der Waals surface area contributed by atoms with Crippen molar-refractivity contribution in [3.8, 4) is 0 Å². The zero-order valence-corrected chi connectivity index (χ0v) is 8.70. The van der Waals surface area contributed by atoms with Crippen LogP contribution in [0.1, 0.15) is 22.3 Å². The summed E-state index contributed by atoms with van der Waals surface area (Å²) < 4.78 is 0. The van der Waals surface area contributed by atoms with Gasteiger partial charge in [-0.1, -0.05) is 12.2 Å². The number of nitro groups is 1. The Balaban J connectivity index is 3.17. The molecular formula is C11H9NO5. The Morgan fingerprint density at radius 3 is 2.71 bits per heavy atom. The first-order valence-electron chi connectivity index (χ1n) is 4.68. The molecule has 1 N–H and O–H groups in total. The third-order valence-corrected chi connectivity index (χ3v) is 2.01. The Morgan fingerprint density at radius 2 is 2.18 bits per heavy atom. The number of rotatable bonds is 5. The van der Waals surface area contributed by atoms with E-state index < -0.39 is 10.9 Å². The number of hydrogen-bond donors (Lipinski definition) is 1. The summed E-state index contributed by atoms with van der Waals surface area (Å²) in [5, 5.41) is 19.4. The fourth-order valence-electron chi connectivity index (χ4n) is 1.24. The van der Waals surface area contributed by atoms with Crippen molar-refractivity contribution in [2.45, 2.75) is 6.42 Å². The van der Waals surface area contributed by atoms with Crippen molar-refractivity contribution >= 4 is 24.0 Å². The molecular weight excluding hydrogens is 226 g/mol. The van der Waals surface area contributed by atoms with Gasteiger partial charge in [-0.25, -0.2) is 4.79 Å². The number of nitrogens with zero attached hydrogens (tertiary/aromatic N) is 1. The minimum Gasteiger partial charge on any atom is -0.478 e. The van der Waals surface area contributed by atoms with Crippen molar-refractivity contribution in [2.24, 2.45) is 0 Å². The number of carboxylic acid groups (broad SMARTS) is 1. The van der Waals surface area contributed by atoms with Gasteiger partial charge in [-0.2, -0.15) is 0 Å². The van der Waals surface area contributed by atoms with E-state index >= 15 is 0 Å². The molecule has 0 atom stereocenters. The average Bonchev–Trinajstić information content (AvgIpc) is 2.29. The molecule has 1 aromatic carbocycles. The molecule has 17 heavy (non-hydrogen) atoms. The van der Waals surface area contributed by atoms with Crippen molar-refractivity contribution in [1.82, 2.24) is 0 Å². The van der Waals surface area contributed by atoms with Gasteiger partial charge in [0.25, 0.3) is 5.69 Å². The van der Waals surface area contributed by atoms with Gasteiger partial charge in [-0.15, -0.1) is 0 Å². The van der Waals surface area contributed by atoms with Crippen LogP contribution in [-0.2, 0) is 4.79 Å². The van der Waals surface area contributed by atoms with Crippen molar-refractivity contribution in [2.75, 3.05) is 0 Å². The molecule has 0 amide bonds. The summed E-state index contributed by atoms with van der Waals surface area (Å²) in [5.74, 6) is -1.25. The normalized spacial score (nSPS) is 10.4. The number of nitro benzene ring substituents is 1. The Labute approximate surface area is 96.3 Å². The molecule has 0 radical (unpaired) electrons. The first-order chi connectivity index (χ1) is 8.06. The molecule has 0 fully saturated rings. The van der Waals surface area contributed by atoms with E-state index in [0.717, 1.165) is 6.07 Å². The minimum absolute atomic E-state index is 0.163. The van der Waals surface area contributed by atoms with Crippen LogP contribution in [0.2, 0.25) is 0 Å². The Morgan fingerprint density at radius 1 is 1.47 bits per heavy atom. The lowest BCUT2D eigenvalue weighted by Gasteiger charge is -2.00. The molecule has 6 heteroatoms. The molecule has 0 unspecified atom stereocenters. The summed E-state index contributed by atoms with van der Waals surface area (Å²) in [7, 11) is 0. The summed E-state index contributed by atoms with van der Waals surface area (Å²) >= 11 is 0. The molecule has 0 aliphatic carbocycles. The van der Waals surface area contributed by atoms with Crippen molar-refractivity contribution < 1.29 is 19.6 Å². The third kappa shape index (κ3) is 3.23. The molecule has 1 aromatic rings. The Hall–Kier alpha value is -2.50. The number of allylic oxidation sites excluding steroid dienone is 1. The van der Waals surface area contributed by atoms with Crippen LogP contribution >= 0.6 is 0 Å². The highest BCUT2D eigenvalue weighted by molar-refractivity contribution is 5.93. The number of carboxylic acids is 1. The van der Waals surface area contributed by atoms with E-state index in [1.165, 1.54) is 24.3 Å². The van der Waals surface area contributed by atoms with Crippen LogP contribution in [0.15, 0.2) is 24.3 Å². The van der Waals surface area contributed by atoms with Crippen LogP contribution in [0.4, 0.5) is 5.69 Å². The van der Waals surface area contributed by atoms with E-state index in [2.05, 4.69) is 0 Å². The van der Waals surface area contributed by atoms with Crippen molar-refractivity contribution in [1.29, 1.82) is 0 Å². The predicted octanol–water partition coefficient (Wildman–Crippen LogP) is 1.90. The van der Waals surface area contributed by atoms with Gasteiger partial charge in [0.15, 0.2) is 0 Å². The van der Waals surface area contributed by atoms with Crippen molar-refractivity contribution in [3.05, 3.63) is 45.5 Å². The first kappa shape index (κ1) is 12.6. The molecule has 0 aliphatic rings. The summed E-state index contributed by atoms with van der Waals surface area (Å²) in [6.45, 7) is 0. The highest BCUT2D eigenvalue weighted by atomic mass is 16.6. The number of aromatic carboxylic acids is 1. The molecule has 6 nitrogen and oxygen atoms in total. The minimum atomic E-state index is -1.25. The van der Waals surface area contributed by atoms with E-state index in [1.807, 2.05) is 0 Å². The number of hydrogen-bond acceptors (Lipinski definition) is 4. The Bertz CT molecular complexity index is 493. The van der Waals surface area contributed by atoms with Gasteiger partial charge in [0.1, 0.15) is 6.29 Å². The monoisotopic (exact) mass is 235 g/mol. The second-order valence-electron chi connectivity index (χ2n) is 3.14. The van der Waals surface area contributed by atoms with Gasteiger partial charge in [0.05, 0.1) is 10.5 Å². The van der Waals surface area contributed by atoms with Gasteiger partial charge < -0.3 is 9.90 Å². The van der Waals surface area contributed by atoms with Gasteiger partial charge in [0, 0.05) is 18.6 Å². The lowest BCUT2D eigenvalue weighted by molar-refractivity contribution is -0.384. The van der Waals surface area contributed by atoms with Crippen molar-refractivity contribution in [3.63, 3.8) is 0 Å². The van der Waals surface area contributed by atoms with Crippen LogP contribution in [0.5, 0.6) is 0 Å².